The Labute approximate surface area is 122 Å². The first kappa shape index (κ1) is 16.8. The van der Waals surface area contributed by atoms with E-state index in [2.05, 4.69) is 13.8 Å². The first-order chi connectivity index (χ1) is 8.93. The van der Waals surface area contributed by atoms with E-state index in [-0.39, 0.29) is 23.5 Å². The second kappa shape index (κ2) is 7.49. The van der Waals surface area contributed by atoms with E-state index in [1.54, 1.807) is 0 Å². The van der Waals surface area contributed by atoms with Gasteiger partial charge in [0.05, 0.1) is 17.6 Å². The van der Waals surface area contributed by atoms with E-state index < -0.39 is 0 Å². The molecule has 0 saturated carbocycles. The minimum absolute atomic E-state index is 0.0433. The van der Waals surface area contributed by atoms with Gasteiger partial charge in [-0.05, 0) is 26.7 Å². The molecule has 3 nitrogen and oxygen atoms in total. The maximum absolute atomic E-state index is 12.7. The van der Waals surface area contributed by atoms with Crippen molar-refractivity contribution in [2.24, 2.45) is 5.92 Å². The summed E-state index contributed by atoms with van der Waals surface area (Å²) in [5, 5.41) is 0. The Morgan fingerprint density at radius 3 is 2.42 bits per heavy atom. The first-order valence-corrected chi connectivity index (χ1v) is 7.99. The molecule has 0 aromatic heterocycles. The van der Waals surface area contributed by atoms with Crippen LogP contribution < -0.4 is 0 Å². The molecular formula is C15H28ClNO2. The summed E-state index contributed by atoms with van der Waals surface area (Å²) < 4.78 is 5.88. The molecule has 1 aliphatic heterocycles. The Balaban J connectivity index is 2.72. The second-order valence-electron chi connectivity index (χ2n) is 6.15. The van der Waals surface area contributed by atoms with Gasteiger partial charge in [-0.3, -0.25) is 4.79 Å². The molecule has 1 saturated heterocycles. The zero-order valence-electron chi connectivity index (χ0n) is 12.7. The van der Waals surface area contributed by atoms with Crippen molar-refractivity contribution in [1.82, 2.24) is 4.90 Å². The highest BCUT2D eigenvalue weighted by molar-refractivity contribution is 6.18. The number of carbonyl (C=O) groups excluding carboxylic acids is 1. The van der Waals surface area contributed by atoms with Gasteiger partial charge < -0.3 is 9.64 Å². The van der Waals surface area contributed by atoms with Crippen molar-refractivity contribution >= 4 is 17.5 Å². The quantitative estimate of drug-likeness (QED) is 0.701. The normalized spacial score (nSPS) is 22.8. The van der Waals surface area contributed by atoms with Crippen LogP contribution in [0.2, 0.25) is 0 Å². The number of halogens is 1. The molecular weight excluding hydrogens is 262 g/mol. The van der Waals surface area contributed by atoms with Crippen molar-refractivity contribution in [2.75, 3.05) is 19.0 Å². The van der Waals surface area contributed by atoms with Crippen LogP contribution >= 0.6 is 11.6 Å². The van der Waals surface area contributed by atoms with Gasteiger partial charge >= 0.3 is 0 Å². The van der Waals surface area contributed by atoms with Crippen molar-refractivity contribution < 1.29 is 9.53 Å². The Bertz CT molecular complexity index is 288. The van der Waals surface area contributed by atoms with Crippen LogP contribution in [0.3, 0.4) is 0 Å². The zero-order valence-corrected chi connectivity index (χ0v) is 13.5. The number of hydrogen-bond donors (Lipinski definition) is 0. The molecule has 0 spiro atoms. The maximum atomic E-state index is 12.7. The third-order valence-corrected chi connectivity index (χ3v) is 3.93. The van der Waals surface area contributed by atoms with Gasteiger partial charge in [-0.15, -0.1) is 11.6 Å². The van der Waals surface area contributed by atoms with Gasteiger partial charge in [-0.1, -0.05) is 26.7 Å². The molecule has 0 aromatic carbocycles. The summed E-state index contributed by atoms with van der Waals surface area (Å²) >= 11 is 5.92. The molecule has 1 rings (SSSR count). The molecule has 1 heterocycles. The number of rotatable bonds is 6. The van der Waals surface area contributed by atoms with Crippen LogP contribution in [0.5, 0.6) is 0 Å². The highest BCUT2D eigenvalue weighted by Gasteiger charge is 2.36. The van der Waals surface area contributed by atoms with E-state index in [0.29, 0.717) is 19.0 Å². The van der Waals surface area contributed by atoms with Gasteiger partial charge in [0.1, 0.15) is 0 Å². The molecule has 0 N–H and O–H groups in total. The molecule has 19 heavy (non-hydrogen) atoms. The van der Waals surface area contributed by atoms with E-state index in [4.69, 9.17) is 16.3 Å². The van der Waals surface area contributed by atoms with Crippen LogP contribution in [-0.4, -0.2) is 41.5 Å². The van der Waals surface area contributed by atoms with Crippen LogP contribution in [0.1, 0.15) is 53.4 Å². The van der Waals surface area contributed by atoms with E-state index in [1.807, 2.05) is 18.7 Å². The highest BCUT2D eigenvalue weighted by Crippen LogP contribution is 2.25. The third-order valence-electron chi connectivity index (χ3n) is 3.59. The van der Waals surface area contributed by atoms with Crippen LogP contribution in [-0.2, 0) is 9.53 Å². The fourth-order valence-corrected chi connectivity index (χ4v) is 3.05. The molecule has 0 bridgehead atoms. The average molecular weight is 290 g/mol. The van der Waals surface area contributed by atoms with Crippen molar-refractivity contribution in [3.8, 4) is 0 Å². The fourth-order valence-electron chi connectivity index (χ4n) is 2.89. The lowest BCUT2D eigenvalue weighted by atomic mass is 9.95. The number of morpholine rings is 1. The van der Waals surface area contributed by atoms with Gasteiger partial charge in [0.25, 0.3) is 0 Å². The van der Waals surface area contributed by atoms with Gasteiger partial charge in [0.15, 0.2) is 0 Å². The predicted molar refractivity (Wildman–Crippen MR) is 79.6 cm³/mol. The van der Waals surface area contributed by atoms with Gasteiger partial charge in [-0.2, -0.15) is 0 Å². The summed E-state index contributed by atoms with van der Waals surface area (Å²) in [6.07, 6.45) is 4.04. The lowest BCUT2D eigenvalue weighted by Gasteiger charge is -2.43. The Morgan fingerprint density at radius 2 is 1.95 bits per heavy atom. The van der Waals surface area contributed by atoms with Crippen molar-refractivity contribution in [2.45, 2.75) is 65.1 Å². The smallest absolute Gasteiger partial charge is 0.225 e. The number of nitrogens with zero attached hydrogens (tertiary/aromatic N) is 1. The Hall–Kier alpha value is -0.280. The third kappa shape index (κ3) is 4.96. The minimum Gasteiger partial charge on any atom is -0.367 e. The molecule has 0 aromatic rings. The summed E-state index contributed by atoms with van der Waals surface area (Å²) in [4.78, 5) is 14.6. The monoisotopic (exact) mass is 289 g/mol. The van der Waals surface area contributed by atoms with Gasteiger partial charge in [-0.25, -0.2) is 0 Å². The maximum Gasteiger partial charge on any atom is 0.225 e. The predicted octanol–water partition coefficient (Wildman–Crippen LogP) is 3.45. The molecule has 1 amide bonds. The average Bonchev–Trinajstić information content (AvgIpc) is 2.35. The van der Waals surface area contributed by atoms with E-state index in [1.165, 1.54) is 0 Å². The molecule has 1 atom stereocenters. The molecule has 4 heteroatoms. The number of alkyl halides is 1. The summed E-state index contributed by atoms with van der Waals surface area (Å²) in [5.74, 6) is 0.898. The van der Waals surface area contributed by atoms with Crippen molar-refractivity contribution in [3.63, 3.8) is 0 Å². The summed E-state index contributed by atoms with van der Waals surface area (Å²) in [7, 11) is 0. The van der Waals surface area contributed by atoms with Crippen LogP contribution in [0.15, 0.2) is 0 Å². The molecule has 1 aliphatic rings. The number of amides is 1. The van der Waals surface area contributed by atoms with Crippen LogP contribution in [0.25, 0.3) is 0 Å². The van der Waals surface area contributed by atoms with Crippen LogP contribution in [0, 0.1) is 5.92 Å². The molecule has 0 aliphatic carbocycles. The van der Waals surface area contributed by atoms with E-state index in [9.17, 15) is 4.79 Å². The standard InChI is InChI=1S/C15H28ClNO2/c1-5-7-12(8-6-2)14(18)17-10-13(9-16)19-15(3,4)11-17/h12-13H,5-11H2,1-4H3. The molecule has 1 unspecified atom stereocenters. The fraction of sp³-hybridized carbons (Fsp3) is 0.933. The minimum atomic E-state index is -0.295. The molecule has 0 radical (unpaired) electrons. The summed E-state index contributed by atoms with van der Waals surface area (Å²) in [6.45, 7) is 9.64. The van der Waals surface area contributed by atoms with Gasteiger partial charge in [0.2, 0.25) is 5.91 Å². The molecule has 112 valence electrons. The second-order valence-corrected chi connectivity index (χ2v) is 6.46. The Kier molecular flexibility index (Phi) is 6.61. The summed E-state index contributed by atoms with van der Waals surface area (Å²) in [6, 6.07) is 0. The largest absolute Gasteiger partial charge is 0.367 e. The van der Waals surface area contributed by atoms with Crippen molar-refractivity contribution in [3.05, 3.63) is 0 Å². The van der Waals surface area contributed by atoms with Crippen LogP contribution in [0.4, 0.5) is 0 Å². The van der Waals surface area contributed by atoms with E-state index >= 15 is 0 Å². The number of ether oxygens (including phenoxy) is 1. The number of hydrogen-bond acceptors (Lipinski definition) is 2. The van der Waals surface area contributed by atoms with E-state index in [0.717, 1.165) is 25.7 Å². The van der Waals surface area contributed by atoms with Crippen molar-refractivity contribution in [1.29, 1.82) is 0 Å². The van der Waals surface area contributed by atoms with Gasteiger partial charge in [0, 0.05) is 19.0 Å². The topological polar surface area (TPSA) is 29.5 Å². The number of carbonyl (C=O) groups is 1. The SMILES string of the molecule is CCCC(CCC)C(=O)N1CC(CCl)OC(C)(C)C1. The lowest BCUT2D eigenvalue weighted by molar-refractivity contribution is -0.161. The lowest BCUT2D eigenvalue weighted by Crippen LogP contribution is -2.56. The first-order valence-electron chi connectivity index (χ1n) is 7.46. The Morgan fingerprint density at radius 1 is 1.37 bits per heavy atom. The zero-order chi connectivity index (χ0) is 14.5. The summed E-state index contributed by atoms with van der Waals surface area (Å²) in [5.41, 5.74) is -0.295. The highest BCUT2D eigenvalue weighted by atomic mass is 35.5. The molecule has 1 fully saturated rings.